The summed E-state index contributed by atoms with van der Waals surface area (Å²) in [6, 6.07) is 7.53. The molecule has 3 saturated heterocycles. The van der Waals surface area contributed by atoms with Crippen LogP contribution in [-0.4, -0.2) is 54.8 Å². The highest BCUT2D eigenvalue weighted by atomic mass is 16.9. The highest BCUT2D eigenvalue weighted by Crippen LogP contribution is 2.51. The fourth-order valence-corrected chi connectivity index (χ4v) is 6.91. The largest absolute Gasteiger partial charge is 0.494 e. The number of anilines is 1. The summed E-state index contributed by atoms with van der Waals surface area (Å²) in [7, 11) is 0. The quantitative estimate of drug-likeness (QED) is 0.370. The smallest absolute Gasteiger partial charge is 0.256 e. The number of carbonyl (C=O) groups is 1. The van der Waals surface area contributed by atoms with E-state index in [9.17, 15) is 4.79 Å². The van der Waals surface area contributed by atoms with E-state index in [2.05, 4.69) is 12.2 Å². The minimum absolute atomic E-state index is 0.252. The lowest BCUT2D eigenvalue weighted by molar-refractivity contribution is -0.246. The molecule has 2 aliphatic carbocycles. The Morgan fingerprint density at radius 2 is 1.41 bits per heavy atom. The third-order valence-corrected chi connectivity index (χ3v) is 9.01. The molecule has 5 atom stereocenters. The molecule has 0 unspecified atom stereocenters. The molecule has 2 spiro atoms. The number of rotatable bonds is 9. The number of unbranched alkanes of at least 4 members (excludes halogenated alkanes) is 4. The molecule has 1 aromatic rings. The molecule has 1 N–H and O–H groups in total. The molecule has 5 fully saturated rings. The van der Waals surface area contributed by atoms with Crippen LogP contribution in [0.25, 0.3) is 0 Å². The molecule has 5 aliphatic rings. The monoisotopic (exact) mass is 543 g/mol. The molecule has 0 radical (unpaired) electrons. The van der Waals surface area contributed by atoms with Crippen LogP contribution in [0.4, 0.5) is 5.69 Å². The van der Waals surface area contributed by atoms with Gasteiger partial charge < -0.3 is 33.7 Å². The van der Waals surface area contributed by atoms with Crippen LogP contribution in [0, 0.1) is 0 Å². The molecule has 8 nitrogen and oxygen atoms in total. The van der Waals surface area contributed by atoms with Gasteiger partial charge in [-0.15, -0.1) is 0 Å². The summed E-state index contributed by atoms with van der Waals surface area (Å²) in [5, 5.41) is 3.03. The molecule has 3 aliphatic heterocycles. The molecule has 216 valence electrons. The lowest BCUT2D eigenvalue weighted by Crippen LogP contribution is -2.58. The second kappa shape index (κ2) is 12.0. The lowest BCUT2D eigenvalue weighted by Gasteiger charge is -2.36. The minimum atomic E-state index is -0.848. The second-order valence-electron chi connectivity index (χ2n) is 12.0. The zero-order valence-corrected chi connectivity index (χ0v) is 23.4. The standard InChI is InChI=1S/C31H45NO7/c1-2-3-4-5-12-21-34-23-15-13-22(14-16-23)32-28(33)26-24-25(37-30(36-24)17-8-6-9-18-30)27-29(35-26)39-31(38-27)19-10-7-11-20-31/h13-16,24-27,29H,2-12,17-21H2,1H3,(H,32,33)/t24-,25-,26-,27+,29-/m0/s1. The van der Waals surface area contributed by atoms with Crippen molar-refractivity contribution in [3.05, 3.63) is 24.3 Å². The van der Waals surface area contributed by atoms with Crippen LogP contribution in [0.1, 0.15) is 103 Å². The number of nitrogens with one attached hydrogen (secondary N) is 1. The van der Waals surface area contributed by atoms with E-state index in [-0.39, 0.29) is 5.91 Å². The van der Waals surface area contributed by atoms with Crippen molar-refractivity contribution in [3.63, 3.8) is 0 Å². The fraction of sp³-hybridized carbons (Fsp3) is 0.774. The maximum absolute atomic E-state index is 13.6. The van der Waals surface area contributed by atoms with Crippen molar-refractivity contribution in [2.75, 3.05) is 11.9 Å². The van der Waals surface area contributed by atoms with Gasteiger partial charge in [0, 0.05) is 31.4 Å². The van der Waals surface area contributed by atoms with Gasteiger partial charge in [0.2, 0.25) is 0 Å². The Kier molecular flexibility index (Phi) is 8.47. The SMILES string of the molecule is CCCCCCCOc1ccc(NC(=O)[C@H]2O[C@H]3OC4(CCCCC4)O[C@@H]3[C@H]3OC4(CCCCC4)O[C@@H]32)cc1. The van der Waals surface area contributed by atoms with Crippen molar-refractivity contribution in [1.82, 2.24) is 0 Å². The predicted molar refractivity (Wildman–Crippen MR) is 145 cm³/mol. The first-order valence-corrected chi connectivity index (χ1v) is 15.5. The van der Waals surface area contributed by atoms with Crippen LogP contribution in [-0.2, 0) is 28.5 Å². The van der Waals surface area contributed by atoms with Crippen LogP contribution in [0.2, 0.25) is 0 Å². The third kappa shape index (κ3) is 6.01. The highest BCUT2D eigenvalue weighted by Gasteiger charge is 2.65. The molecule has 0 aromatic heterocycles. The summed E-state index contributed by atoms with van der Waals surface area (Å²) >= 11 is 0. The van der Waals surface area contributed by atoms with Crippen LogP contribution >= 0.6 is 0 Å². The Bertz CT molecular complexity index is 956. The van der Waals surface area contributed by atoms with Crippen molar-refractivity contribution in [1.29, 1.82) is 0 Å². The molecule has 39 heavy (non-hydrogen) atoms. The molecule has 0 bridgehead atoms. The van der Waals surface area contributed by atoms with Crippen LogP contribution in [0.5, 0.6) is 5.75 Å². The number of fused-ring (bicyclic) bond motifs is 3. The van der Waals surface area contributed by atoms with Gasteiger partial charge in [-0.1, -0.05) is 45.4 Å². The maximum atomic E-state index is 13.6. The molecule has 1 amide bonds. The number of amides is 1. The van der Waals surface area contributed by atoms with Crippen molar-refractivity contribution < 1.29 is 33.2 Å². The van der Waals surface area contributed by atoms with E-state index in [1.807, 2.05) is 24.3 Å². The van der Waals surface area contributed by atoms with E-state index in [1.165, 1.54) is 38.5 Å². The Morgan fingerprint density at radius 3 is 2.10 bits per heavy atom. The molecular weight excluding hydrogens is 498 g/mol. The van der Waals surface area contributed by atoms with E-state index < -0.39 is 42.3 Å². The molecule has 2 saturated carbocycles. The Morgan fingerprint density at radius 1 is 0.795 bits per heavy atom. The van der Waals surface area contributed by atoms with Crippen molar-refractivity contribution >= 4 is 11.6 Å². The van der Waals surface area contributed by atoms with E-state index in [0.717, 1.165) is 63.5 Å². The van der Waals surface area contributed by atoms with Gasteiger partial charge >= 0.3 is 0 Å². The van der Waals surface area contributed by atoms with Gasteiger partial charge in [0.15, 0.2) is 24.0 Å². The van der Waals surface area contributed by atoms with Gasteiger partial charge in [0.05, 0.1) is 6.61 Å². The average Bonchev–Trinajstić information content (AvgIpc) is 3.49. The van der Waals surface area contributed by atoms with Crippen molar-refractivity contribution in [3.8, 4) is 5.75 Å². The molecule has 8 heteroatoms. The number of carbonyl (C=O) groups excluding carboxylic acids is 1. The number of benzene rings is 1. The minimum Gasteiger partial charge on any atom is -0.494 e. The van der Waals surface area contributed by atoms with Gasteiger partial charge in [-0.25, -0.2) is 0 Å². The summed E-state index contributed by atoms with van der Waals surface area (Å²) in [5.74, 6) is -0.744. The number of hydrogen-bond acceptors (Lipinski definition) is 7. The molecule has 3 heterocycles. The topological polar surface area (TPSA) is 84.5 Å². The first kappa shape index (κ1) is 27.5. The van der Waals surface area contributed by atoms with Gasteiger partial charge in [0.1, 0.15) is 24.1 Å². The molecule has 6 rings (SSSR count). The second-order valence-corrected chi connectivity index (χ2v) is 12.0. The van der Waals surface area contributed by atoms with Crippen molar-refractivity contribution in [2.24, 2.45) is 0 Å². The van der Waals surface area contributed by atoms with Gasteiger partial charge in [-0.3, -0.25) is 4.79 Å². The zero-order chi connectivity index (χ0) is 26.7. The lowest BCUT2D eigenvalue weighted by atomic mass is 9.94. The number of ether oxygens (including phenoxy) is 6. The maximum Gasteiger partial charge on any atom is 0.256 e. The predicted octanol–water partition coefficient (Wildman–Crippen LogP) is 6.22. The van der Waals surface area contributed by atoms with Gasteiger partial charge in [0.25, 0.3) is 5.91 Å². The summed E-state index contributed by atoms with van der Waals surface area (Å²) in [5.41, 5.74) is 0.691. The highest BCUT2D eigenvalue weighted by molar-refractivity contribution is 5.94. The molecule has 1 aromatic carbocycles. The van der Waals surface area contributed by atoms with Crippen LogP contribution in [0.15, 0.2) is 24.3 Å². The third-order valence-electron chi connectivity index (χ3n) is 9.01. The average molecular weight is 544 g/mol. The summed E-state index contributed by atoms with van der Waals surface area (Å²) < 4.78 is 38.4. The van der Waals surface area contributed by atoms with E-state index >= 15 is 0 Å². The van der Waals surface area contributed by atoms with Gasteiger partial charge in [-0.2, -0.15) is 0 Å². The Balaban J connectivity index is 1.11. The van der Waals surface area contributed by atoms with E-state index in [0.29, 0.717) is 12.3 Å². The van der Waals surface area contributed by atoms with E-state index in [4.69, 9.17) is 28.4 Å². The molecular formula is C31H45NO7. The van der Waals surface area contributed by atoms with E-state index in [1.54, 1.807) is 0 Å². The van der Waals surface area contributed by atoms with Gasteiger partial charge in [-0.05, 0) is 56.4 Å². The van der Waals surface area contributed by atoms with Crippen molar-refractivity contribution in [2.45, 2.75) is 146 Å². The first-order valence-electron chi connectivity index (χ1n) is 15.5. The summed E-state index contributed by atoms with van der Waals surface area (Å²) in [4.78, 5) is 13.6. The summed E-state index contributed by atoms with van der Waals surface area (Å²) in [6.07, 6.45) is 13.2. The van der Waals surface area contributed by atoms with Crippen LogP contribution < -0.4 is 10.1 Å². The Labute approximate surface area is 232 Å². The van der Waals surface area contributed by atoms with Crippen LogP contribution in [0.3, 0.4) is 0 Å². The fourth-order valence-electron chi connectivity index (χ4n) is 6.91. The Hall–Kier alpha value is -1.71. The normalized spacial score (nSPS) is 32.6. The number of hydrogen-bond donors (Lipinski definition) is 1. The first-order chi connectivity index (χ1) is 19.1. The zero-order valence-electron chi connectivity index (χ0n) is 23.4. The summed E-state index contributed by atoms with van der Waals surface area (Å²) in [6.45, 7) is 2.93.